The summed E-state index contributed by atoms with van der Waals surface area (Å²) in [5, 5.41) is 12.2. The van der Waals surface area contributed by atoms with Crippen molar-refractivity contribution in [3.8, 4) is 6.07 Å². The van der Waals surface area contributed by atoms with Crippen LogP contribution >= 0.6 is 12.6 Å². The number of para-hydroxylation sites is 1. The van der Waals surface area contributed by atoms with Gasteiger partial charge in [0.25, 0.3) is 0 Å². The van der Waals surface area contributed by atoms with E-state index in [1.165, 1.54) is 12.1 Å². The molecule has 130 valence electrons. The van der Waals surface area contributed by atoms with Gasteiger partial charge in [0.2, 0.25) is 9.84 Å². The van der Waals surface area contributed by atoms with E-state index in [1.807, 2.05) is 26.8 Å². The van der Waals surface area contributed by atoms with Crippen LogP contribution < -0.4 is 5.32 Å². The minimum atomic E-state index is -3.95. The number of benzene rings is 2. The molecule has 2 aromatic carbocycles. The van der Waals surface area contributed by atoms with Crippen molar-refractivity contribution in [3.05, 3.63) is 70.1 Å². The van der Waals surface area contributed by atoms with E-state index in [2.05, 4.69) is 17.9 Å². The largest absolute Gasteiger partial charge is 0.349 e. The van der Waals surface area contributed by atoms with Crippen molar-refractivity contribution in [2.75, 3.05) is 5.32 Å². The van der Waals surface area contributed by atoms with E-state index in [0.717, 1.165) is 5.56 Å². The molecule has 2 aromatic rings. The molecule has 6 heteroatoms. The van der Waals surface area contributed by atoms with Gasteiger partial charge < -0.3 is 5.32 Å². The molecule has 1 N–H and O–H groups in total. The van der Waals surface area contributed by atoms with Gasteiger partial charge >= 0.3 is 0 Å². The van der Waals surface area contributed by atoms with Gasteiger partial charge in [-0.3, -0.25) is 0 Å². The number of nitrogens with zero attached hydrogens (tertiary/aromatic N) is 1. The molecular weight excluding hydrogens is 352 g/mol. The van der Waals surface area contributed by atoms with Crippen LogP contribution in [0.5, 0.6) is 0 Å². The molecule has 0 aliphatic carbocycles. The summed E-state index contributed by atoms with van der Waals surface area (Å²) >= 11 is 4.19. The topological polar surface area (TPSA) is 70.0 Å². The number of nitriles is 1. The van der Waals surface area contributed by atoms with Gasteiger partial charge in [-0.15, -0.1) is 12.6 Å². The van der Waals surface area contributed by atoms with Crippen LogP contribution in [0.4, 0.5) is 5.69 Å². The highest BCUT2D eigenvalue weighted by Gasteiger charge is 2.25. The fourth-order valence-corrected chi connectivity index (χ4v) is 3.90. The van der Waals surface area contributed by atoms with Crippen LogP contribution in [0.2, 0.25) is 0 Å². The lowest BCUT2D eigenvalue weighted by Crippen LogP contribution is -2.12. The summed E-state index contributed by atoms with van der Waals surface area (Å²) in [5.41, 5.74) is 1.58. The second-order valence-electron chi connectivity index (χ2n) is 6.56. The number of nitrogens with one attached hydrogen (secondary N) is 1. The van der Waals surface area contributed by atoms with Gasteiger partial charge in [0.15, 0.2) is 4.91 Å². The first kappa shape index (κ1) is 19.1. The molecule has 0 radical (unpaired) electrons. The summed E-state index contributed by atoms with van der Waals surface area (Å²) in [6, 6.07) is 17.3. The van der Waals surface area contributed by atoms with Gasteiger partial charge in [0.1, 0.15) is 6.07 Å². The second-order valence-corrected chi connectivity index (χ2v) is 8.89. The number of sulfone groups is 1. The maximum Gasteiger partial charge on any atom is 0.219 e. The molecule has 0 unspecified atom stereocenters. The van der Waals surface area contributed by atoms with Gasteiger partial charge in [0.05, 0.1) is 9.92 Å². The summed E-state index contributed by atoms with van der Waals surface area (Å²) in [5.74, 6) is 0. The SMILES string of the molecule is CC(C)(C)c1ccc(S(=O)(=O)C(C#N)=C(S)Nc2ccccc2)cc1. The lowest BCUT2D eigenvalue weighted by atomic mass is 9.87. The minimum Gasteiger partial charge on any atom is -0.349 e. The predicted octanol–water partition coefficient (Wildman–Crippen LogP) is 4.49. The molecule has 2 rings (SSSR count). The van der Waals surface area contributed by atoms with Crippen molar-refractivity contribution < 1.29 is 8.42 Å². The van der Waals surface area contributed by atoms with Crippen LogP contribution in [0, 0.1) is 11.3 Å². The number of thiol groups is 1. The molecule has 0 fully saturated rings. The molecule has 25 heavy (non-hydrogen) atoms. The predicted molar refractivity (Wildman–Crippen MR) is 104 cm³/mol. The highest BCUT2D eigenvalue weighted by Crippen LogP contribution is 2.27. The Labute approximate surface area is 154 Å². The molecule has 0 aromatic heterocycles. The standard InChI is InChI=1S/C19H20N2O2S2/c1-19(2,3)14-9-11-16(12-10-14)25(22,23)17(13-20)18(24)21-15-7-5-4-6-8-15/h4-12,21,24H,1-3H3. The van der Waals surface area contributed by atoms with Gasteiger partial charge in [-0.2, -0.15) is 5.26 Å². The lowest BCUT2D eigenvalue weighted by Gasteiger charge is -2.19. The van der Waals surface area contributed by atoms with Crippen molar-refractivity contribution >= 4 is 28.2 Å². The third kappa shape index (κ3) is 4.44. The van der Waals surface area contributed by atoms with Crippen LogP contribution in [0.1, 0.15) is 26.3 Å². The maximum atomic E-state index is 12.8. The average molecular weight is 373 g/mol. The third-order valence-corrected chi connectivity index (χ3v) is 5.86. The van der Waals surface area contributed by atoms with Crippen molar-refractivity contribution in [2.24, 2.45) is 0 Å². The summed E-state index contributed by atoms with van der Waals surface area (Å²) < 4.78 is 25.6. The highest BCUT2D eigenvalue weighted by atomic mass is 32.2. The van der Waals surface area contributed by atoms with Gasteiger partial charge in [-0.05, 0) is 35.2 Å². The third-order valence-electron chi connectivity index (χ3n) is 3.65. The van der Waals surface area contributed by atoms with E-state index >= 15 is 0 Å². The molecule has 0 bridgehead atoms. The van der Waals surface area contributed by atoms with Gasteiger partial charge in [-0.25, -0.2) is 8.42 Å². The normalized spacial score (nSPS) is 12.9. The molecule has 0 amide bonds. The quantitative estimate of drug-likeness (QED) is 0.613. The van der Waals surface area contributed by atoms with Crippen molar-refractivity contribution in [1.29, 1.82) is 5.26 Å². The first-order chi connectivity index (χ1) is 11.7. The van der Waals surface area contributed by atoms with Crippen LogP contribution in [0.3, 0.4) is 0 Å². The first-order valence-corrected chi connectivity index (χ1v) is 9.60. The number of hydrogen-bond acceptors (Lipinski definition) is 5. The van der Waals surface area contributed by atoms with Crippen molar-refractivity contribution in [2.45, 2.75) is 31.1 Å². The zero-order chi connectivity index (χ0) is 18.7. The van der Waals surface area contributed by atoms with Gasteiger partial charge in [-0.1, -0.05) is 51.1 Å². The zero-order valence-corrected chi connectivity index (χ0v) is 16.0. The van der Waals surface area contributed by atoms with E-state index in [1.54, 1.807) is 42.5 Å². The molecule has 0 aliphatic rings. The fourth-order valence-electron chi connectivity index (χ4n) is 2.21. The van der Waals surface area contributed by atoms with Crippen molar-refractivity contribution in [1.82, 2.24) is 0 Å². The first-order valence-electron chi connectivity index (χ1n) is 7.67. The smallest absolute Gasteiger partial charge is 0.219 e. The second kappa shape index (κ2) is 7.34. The summed E-state index contributed by atoms with van der Waals surface area (Å²) in [4.78, 5) is -0.346. The lowest BCUT2D eigenvalue weighted by molar-refractivity contribution is 0.587. The molecule has 0 spiro atoms. The minimum absolute atomic E-state index is 0.00593. The van der Waals surface area contributed by atoms with E-state index in [0.29, 0.717) is 5.69 Å². The van der Waals surface area contributed by atoms with E-state index in [-0.39, 0.29) is 15.3 Å². The molecule has 4 nitrogen and oxygen atoms in total. The molecule has 0 aliphatic heterocycles. The van der Waals surface area contributed by atoms with E-state index in [4.69, 9.17) is 0 Å². The Morgan fingerprint density at radius 2 is 1.60 bits per heavy atom. The number of hydrogen-bond donors (Lipinski definition) is 2. The fraction of sp³-hybridized carbons (Fsp3) is 0.211. The van der Waals surface area contributed by atoms with Crippen LogP contribution in [-0.4, -0.2) is 8.42 Å². The Morgan fingerprint density at radius 1 is 1.04 bits per heavy atom. The summed E-state index contributed by atoms with van der Waals surface area (Å²) in [7, 11) is -3.95. The van der Waals surface area contributed by atoms with Crippen molar-refractivity contribution in [3.63, 3.8) is 0 Å². The molecular formula is C19H20N2O2S2. The van der Waals surface area contributed by atoms with Crippen LogP contribution in [0.15, 0.2) is 69.4 Å². The zero-order valence-electron chi connectivity index (χ0n) is 14.3. The Hall–Kier alpha value is -2.23. The Morgan fingerprint density at radius 3 is 2.08 bits per heavy atom. The molecule has 0 saturated heterocycles. The summed E-state index contributed by atoms with van der Waals surface area (Å²) in [6.07, 6.45) is 0. The molecule has 0 heterocycles. The summed E-state index contributed by atoms with van der Waals surface area (Å²) in [6.45, 7) is 6.15. The van der Waals surface area contributed by atoms with E-state index in [9.17, 15) is 13.7 Å². The number of anilines is 1. The molecule has 0 saturated carbocycles. The molecule has 0 atom stereocenters. The average Bonchev–Trinajstić information content (AvgIpc) is 2.55. The maximum absolute atomic E-state index is 12.8. The Bertz CT molecular complexity index is 918. The number of rotatable bonds is 4. The monoisotopic (exact) mass is 372 g/mol. The van der Waals surface area contributed by atoms with Crippen LogP contribution in [-0.2, 0) is 15.3 Å². The Kier molecular flexibility index (Phi) is 5.61. The highest BCUT2D eigenvalue weighted by molar-refractivity contribution is 7.96. The Balaban J connectivity index is 2.42. The van der Waals surface area contributed by atoms with E-state index < -0.39 is 14.7 Å². The van der Waals surface area contributed by atoms with Gasteiger partial charge in [0, 0.05) is 5.69 Å². The van der Waals surface area contributed by atoms with Crippen LogP contribution in [0.25, 0.3) is 0 Å². The number of allylic oxidation sites excluding steroid dienone is 1.